The Balaban J connectivity index is 2.16. The van der Waals surface area contributed by atoms with E-state index in [0.29, 0.717) is 19.4 Å². The van der Waals surface area contributed by atoms with Gasteiger partial charge in [0, 0.05) is 19.1 Å². The second-order valence-corrected chi connectivity index (χ2v) is 6.86. The molecule has 1 amide bonds. The van der Waals surface area contributed by atoms with Crippen molar-refractivity contribution < 1.29 is 22.0 Å². The van der Waals surface area contributed by atoms with Gasteiger partial charge < -0.3 is 4.90 Å². The van der Waals surface area contributed by atoms with Crippen molar-refractivity contribution in [3.05, 3.63) is 35.4 Å². The molecule has 1 fully saturated rings. The zero-order valence-corrected chi connectivity index (χ0v) is 12.3. The molecule has 0 bridgehead atoms. The van der Waals surface area contributed by atoms with Gasteiger partial charge in [-0.2, -0.15) is 0 Å². The molecule has 8 heteroatoms. The maximum atomic E-state index is 13.6. The van der Waals surface area contributed by atoms with Crippen LogP contribution in [0, 0.1) is 11.6 Å². The molecule has 0 aromatic heterocycles. The van der Waals surface area contributed by atoms with Gasteiger partial charge in [-0.1, -0.05) is 6.07 Å². The van der Waals surface area contributed by atoms with Crippen LogP contribution in [0.15, 0.2) is 18.2 Å². The van der Waals surface area contributed by atoms with Gasteiger partial charge in [0.15, 0.2) is 0 Å². The van der Waals surface area contributed by atoms with Gasteiger partial charge in [-0.05, 0) is 25.0 Å². The molecule has 1 N–H and O–H groups in total. The average molecular weight is 318 g/mol. The summed E-state index contributed by atoms with van der Waals surface area (Å²) >= 11 is 0. The second-order valence-electron chi connectivity index (χ2n) is 5.08. The summed E-state index contributed by atoms with van der Waals surface area (Å²) in [5.74, 6) is -2.60. The first-order valence-electron chi connectivity index (χ1n) is 6.48. The molecule has 1 saturated heterocycles. The van der Waals surface area contributed by atoms with Gasteiger partial charge in [0.05, 0.1) is 6.26 Å². The fourth-order valence-corrected chi connectivity index (χ4v) is 3.22. The van der Waals surface area contributed by atoms with Crippen LogP contribution in [-0.2, 0) is 10.0 Å². The van der Waals surface area contributed by atoms with Gasteiger partial charge >= 0.3 is 0 Å². The highest BCUT2D eigenvalue weighted by Gasteiger charge is 2.29. The van der Waals surface area contributed by atoms with Crippen molar-refractivity contribution in [2.75, 3.05) is 19.3 Å². The smallest absolute Gasteiger partial charge is 0.259 e. The average Bonchev–Trinajstić information content (AvgIpc) is 2.36. The number of rotatable bonds is 3. The molecule has 0 spiro atoms. The SMILES string of the molecule is CS(=O)(=O)NC1CCCN(C(=O)c2c(F)cccc2F)C1. The summed E-state index contributed by atoms with van der Waals surface area (Å²) < 4.78 is 52.1. The summed E-state index contributed by atoms with van der Waals surface area (Å²) in [5, 5.41) is 0. The van der Waals surface area contributed by atoms with Crippen LogP contribution in [0.1, 0.15) is 23.2 Å². The standard InChI is InChI=1S/C13H16F2N2O3S/c1-21(19,20)16-9-4-3-7-17(8-9)13(18)12-10(14)5-2-6-11(12)15/h2,5-6,9,16H,3-4,7-8H2,1H3. The van der Waals surface area contributed by atoms with Crippen LogP contribution in [0.25, 0.3) is 0 Å². The van der Waals surface area contributed by atoms with Gasteiger partial charge in [0.1, 0.15) is 17.2 Å². The second kappa shape index (κ2) is 6.07. The monoisotopic (exact) mass is 318 g/mol. The number of nitrogens with one attached hydrogen (secondary N) is 1. The number of hydrogen-bond donors (Lipinski definition) is 1. The van der Waals surface area contributed by atoms with Crippen LogP contribution >= 0.6 is 0 Å². The topological polar surface area (TPSA) is 66.5 Å². The Labute approximate surface area is 122 Å². The van der Waals surface area contributed by atoms with Crippen LogP contribution in [0.5, 0.6) is 0 Å². The zero-order chi connectivity index (χ0) is 15.6. The fourth-order valence-electron chi connectivity index (χ4n) is 2.42. The Morgan fingerprint density at radius 2 is 1.95 bits per heavy atom. The fraction of sp³-hybridized carbons (Fsp3) is 0.462. The Hall–Kier alpha value is -1.54. The molecule has 0 saturated carbocycles. The van der Waals surface area contributed by atoms with E-state index in [4.69, 9.17) is 0 Å². The molecule has 116 valence electrons. The number of amides is 1. The highest BCUT2D eigenvalue weighted by molar-refractivity contribution is 7.88. The number of sulfonamides is 1. The molecule has 1 aromatic carbocycles. The van der Waals surface area contributed by atoms with Crippen molar-refractivity contribution >= 4 is 15.9 Å². The number of piperidine rings is 1. The summed E-state index contributed by atoms with van der Waals surface area (Å²) in [6, 6.07) is 2.79. The molecule has 1 atom stereocenters. The Morgan fingerprint density at radius 1 is 1.33 bits per heavy atom. The van der Waals surface area contributed by atoms with Crippen molar-refractivity contribution in [1.29, 1.82) is 0 Å². The Kier molecular flexibility index (Phi) is 4.58. The van der Waals surface area contributed by atoms with Gasteiger partial charge in [-0.25, -0.2) is 21.9 Å². The lowest BCUT2D eigenvalue weighted by molar-refractivity contribution is 0.0693. The maximum Gasteiger partial charge on any atom is 0.259 e. The first kappa shape index (κ1) is 15.8. The molecule has 1 aliphatic heterocycles. The first-order valence-corrected chi connectivity index (χ1v) is 8.37. The van der Waals surface area contributed by atoms with Crippen LogP contribution in [0.4, 0.5) is 8.78 Å². The molecule has 1 heterocycles. The van der Waals surface area contributed by atoms with E-state index in [9.17, 15) is 22.0 Å². The number of hydrogen-bond acceptors (Lipinski definition) is 3. The summed E-state index contributed by atoms with van der Waals surface area (Å²) in [6.07, 6.45) is 2.18. The first-order chi connectivity index (χ1) is 9.78. The van der Waals surface area contributed by atoms with Crippen molar-refractivity contribution in [1.82, 2.24) is 9.62 Å². The Morgan fingerprint density at radius 3 is 2.52 bits per heavy atom. The maximum absolute atomic E-state index is 13.6. The summed E-state index contributed by atoms with van der Waals surface area (Å²) in [7, 11) is -3.39. The van der Waals surface area contributed by atoms with E-state index in [0.717, 1.165) is 18.4 Å². The molecule has 1 aromatic rings. The van der Waals surface area contributed by atoms with Crippen LogP contribution in [0.3, 0.4) is 0 Å². The van der Waals surface area contributed by atoms with Crippen LogP contribution in [-0.4, -0.2) is 44.6 Å². The third kappa shape index (κ3) is 3.98. The predicted molar refractivity (Wildman–Crippen MR) is 73.3 cm³/mol. The highest BCUT2D eigenvalue weighted by Crippen LogP contribution is 2.18. The van der Waals surface area contributed by atoms with Gasteiger partial charge in [-0.3, -0.25) is 4.79 Å². The molecular weight excluding hydrogens is 302 g/mol. The van der Waals surface area contributed by atoms with E-state index in [1.165, 1.54) is 11.0 Å². The van der Waals surface area contributed by atoms with E-state index in [1.807, 2.05) is 0 Å². The lowest BCUT2D eigenvalue weighted by Crippen LogP contribution is -2.49. The number of likely N-dealkylation sites (tertiary alicyclic amines) is 1. The van der Waals surface area contributed by atoms with Crippen molar-refractivity contribution in [2.24, 2.45) is 0 Å². The van der Waals surface area contributed by atoms with Crippen LogP contribution < -0.4 is 4.72 Å². The third-order valence-electron chi connectivity index (χ3n) is 3.27. The molecule has 1 unspecified atom stereocenters. The largest absolute Gasteiger partial charge is 0.337 e. The Bertz CT molecular complexity index is 629. The quantitative estimate of drug-likeness (QED) is 0.908. The van der Waals surface area contributed by atoms with Gasteiger partial charge in [0.25, 0.3) is 5.91 Å². The summed E-state index contributed by atoms with van der Waals surface area (Å²) in [4.78, 5) is 13.5. The van der Waals surface area contributed by atoms with Crippen molar-refractivity contribution in [2.45, 2.75) is 18.9 Å². The summed E-state index contributed by atoms with van der Waals surface area (Å²) in [6.45, 7) is 0.439. The molecule has 1 aliphatic rings. The molecular formula is C13H16F2N2O3S. The molecule has 0 aliphatic carbocycles. The van der Waals surface area contributed by atoms with Gasteiger partial charge in [0.2, 0.25) is 10.0 Å². The minimum Gasteiger partial charge on any atom is -0.337 e. The number of carbonyl (C=O) groups excluding carboxylic acids is 1. The third-order valence-corrected chi connectivity index (χ3v) is 4.03. The molecule has 2 rings (SSSR count). The minimum absolute atomic E-state index is 0.0969. The van der Waals surface area contributed by atoms with Crippen molar-refractivity contribution in [3.8, 4) is 0 Å². The number of carbonyl (C=O) groups is 1. The zero-order valence-electron chi connectivity index (χ0n) is 11.5. The highest BCUT2D eigenvalue weighted by atomic mass is 32.2. The van der Waals surface area contributed by atoms with E-state index in [2.05, 4.69) is 4.72 Å². The molecule has 21 heavy (non-hydrogen) atoms. The predicted octanol–water partition coefficient (Wildman–Crippen LogP) is 1.12. The molecule has 0 radical (unpaired) electrons. The number of nitrogens with zero attached hydrogens (tertiary/aromatic N) is 1. The lowest BCUT2D eigenvalue weighted by Gasteiger charge is -2.32. The number of halogens is 2. The number of benzene rings is 1. The van der Waals surface area contributed by atoms with E-state index in [1.54, 1.807) is 0 Å². The van der Waals surface area contributed by atoms with E-state index >= 15 is 0 Å². The van der Waals surface area contributed by atoms with E-state index in [-0.39, 0.29) is 6.54 Å². The minimum atomic E-state index is -3.39. The summed E-state index contributed by atoms with van der Waals surface area (Å²) in [5.41, 5.74) is -0.600. The van der Waals surface area contributed by atoms with Crippen molar-refractivity contribution in [3.63, 3.8) is 0 Å². The lowest BCUT2D eigenvalue weighted by atomic mass is 10.0. The normalized spacial score (nSPS) is 19.6. The van der Waals surface area contributed by atoms with E-state index < -0.39 is 39.2 Å². The molecule has 5 nitrogen and oxygen atoms in total. The van der Waals surface area contributed by atoms with Crippen LogP contribution in [0.2, 0.25) is 0 Å². The van der Waals surface area contributed by atoms with Gasteiger partial charge in [-0.15, -0.1) is 0 Å².